The number of aromatic nitrogens is 1. The number of ether oxygens (including phenoxy) is 1. The molecule has 3 rings (SSSR count). The second kappa shape index (κ2) is 9.07. The summed E-state index contributed by atoms with van der Waals surface area (Å²) in [5.41, 5.74) is 0.974. The summed E-state index contributed by atoms with van der Waals surface area (Å²) in [4.78, 5) is 30.5. The maximum absolute atomic E-state index is 12.3. The van der Waals surface area contributed by atoms with E-state index in [1.807, 2.05) is 17.0 Å². The third-order valence-electron chi connectivity index (χ3n) is 4.93. The molecule has 0 aromatic carbocycles. The van der Waals surface area contributed by atoms with Crippen LogP contribution in [-0.2, 0) is 20.9 Å². The van der Waals surface area contributed by atoms with Gasteiger partial charge in [-0.15, -0.1) is 0 Å². The minimum Gasteiger partial charge on any atom is -0.391 e. The van der Waals surface area contributed by atoms with Gasteiger partial charge < -0.3 is 20.5 Å². The van der Waals surface area contributed by atoms with Crippen molar-refractivity contribution in [2.24, 2.45) is 5.92 Å². The number of pyridine rings is 1. The zero-order valence-electron chi connectivity index (χ0n) is 14.8. The van der Waals surface area contributed by atoms with Crippen molar-refractivity contribution < 1.29 is 19.4 Å². The van der Waals surface area contributed by atoms with Crippen LogP contribution in [0.1, 0.15) is 18.4 Å². The van der Waals surface area contributed by atoms with Gasteiger partial charge >= 0.3 is 0 Å². The Morgan fingerprint density at radius 1 is 1.23 bits per heavy atom. The van der Waals surface area contributed by atoms with Crippen molar-refractivity contribution in [1.82, 2.24) is 20.5 Å². The Bertz CT molecular complexity index is 606. The number of carbonyl (C=O) groups excluding carboxylic acids is 2. The lowest BCUT2D eigenvalue weighted by Gasteiger charge is -2.26. The van der Waals surface area contributed by atoms with Crippen LogP contribution >= 0.6 is 0 Å². The van der Waals surface area contributed by atoms with Gasteiger partial charge in [0.2, 0.25) is 11.8 Å². The van der Waals surface area contributed by atoms with Crippen LogP contribution < -0.4 is 10.6 Å². The average molecular weight is 362 g/mol. The standard InChI is InChI=1S/C18H26N4O4/c23-16-10-14(18(25)20-11-13-1-3-19-4-2-13)9-15(16)21-17(24)12-22-5-7-26-8-6-22/h1-4,14-16,23H,5-12H2,(H,20,25)(H,21,24)/t14-,15+,16+/m0/s1. The molecular weight excluding hydrogens is 336 g/mol. The molecule has 3 atom stereocenters. The maximum Gasteiger partial charge on any atom is 0.234 e. The van der Waals surface area contributed by atoms with Crippen LogP contribution in [0.25, 0.3) is 0 Å². The highest BCUT2D eigenvalue weighted by Gasteiger charge is 2.37. The Hall–Kier alpha value is -2.03. The first-order chi connectivity index (χ1) is 12.6. The zero-order chi connectivity index (χ0) is 18.4. The molecule has 26 heavy (non-hydrogen) atoms. The van der Waals surface area contributed by atoms with E-state index in [0.29, 0.717) is 39.1 Å². The summed E-state index contributed by atoms with van der Waals surface area (Å²) in [6, 6.07) is 3.32. The maximum atomic E-state index is 12.3. The molecule has 2 fully saturated rings. The molecule has 0 bridgehead atoms. The minimum absolute atomic E-state index is 0.0919. The van der Waals surface area contributed by atoms with E-state index in [0.717, 1.165) is 18.7 Å². The lowest BCUT2D eigenvalue weighted by Crippen LogP contribution is -2.47. The van der Waals surface area contributed by atoms with Crippen molar-refractivity contribution in [3.8, 4) is 0 Å². The van der Waals surface area contributed by atoms with E-state index in [4.69, 9.17) is 4.74 Å². The van der Waals surface area contributed by atoms with E-state index in [2.05, 4.69) is 15.6 Å². The third kappa shape index (κ3) is 5.23. The fourth-order valence-corrected chi connectivity index (χ4v) is 3.43. The molecule has 2 aliphatic rings. The Morgan fingerprint density at radius 2 is 1.96 bits per heavy atom. The topological polar surface area (TPSA) is 104 Å². The molecule has 1 aromatic rings. The second-order valence-electron chi connectivity index (χ2n) is 6.87. The molecule has 8 nitrogen and oxygen atoms in total. The number of amides is 2. The van der Waals surface area contributed by atoms with Gasteiger partial charge in [-0.2, -0.15) is 0 Å². The largest absolute Gasteiger partial charge is 0.391 e. The van der Waals surface area contributed by atoms with Crippen molar-refractivity contribution in [3.05, 3.63) is 30.1 Å². The van der Waals surface area contributed by atoms with Gasteiger partial charge in [0.25, 0.3) is 0 Å². The van der Waals surface area contributed by atoms with Crippen molar-refractivity contribution in [3.63, 3.8) is 0 Å². The predicted molar refractivity (Wildman–Crippen MR) is 94.0 cm³/mol. The fourth-order valence-electron chi connectivity index (χ4n) is 3.43. The molecule has 0 radical (unpaired) electrons. The monoisotopic (exact) mass is 362 g/mol. The van der Waals surface area contributed by atoms with E-state index >= 15 is 0 Å². The van der Waals surface area contributed by atoms with Crippen LogP contribution in [0.5, 0.6) is 0 Å². The molecule has 0 unspecified atom stereocenters. The van der Waals surface area contributed by atoms with Crippen LogP contribution in [0.4, 0.5) is 0 Å². The molecule has 1 saturated carbocycles. The van der Waals surface area contributed by atoms with Crippen molar-refractivity contribution in [2.45, 2.75) is 31.5 Å². The minimum atomic E-state index is -0.694. The van der Waals surface area contributed by atoms with Gasteiger partial charge in [0.1, 0.15) is 0 Å². The third-order valence-corrected chi connectivity index (χ3v) is 4.93. The highest BCUT2D eigenvalue weighted by atomic mass is 16.5. The van der Waals surface area contributed by atoms with E-state index < -0.39 is 6.10 Å². The van der Waals surface area contributed by atoms with Crippen molar-refractivity contribution >= 4 is 11.8 Å². The summed E-state index contributed by atoms with van der Waals surface area (Å²) in [6.07, 6.45) is 3.49. The quantitative estimate of drug-likeness (QED) is 0.617. The van der Waals surface area contributed by atoms with Crippen LogP contribution in [0.3, 0.4) is 0 Å². The number of carbonyl (C=O) groups is 2. The van der Waals surface area contributed by atoms with E-state index in [-0.39, 0.29) is 23.8 Å². The van der Waals surface area contributed by atoms with Crippen LogP contribution in [0.2, 0.25) is 0 Å². The van der Waals surface area contributed by atoms with Gasteiger partial charge in [-0.05, 0) is 30.5 Å². The lowest BCUT2D eigenvalue weighted by molar-refractivity contribution is -0.126. The van der Waals surface area contributed by atoms with Gasteiger partial charge in [0.05, 0.1) is 31.9 Å². The Kier molecular flexibility index (Phi) is 6.54. The molecular formula is C18H26N4O4. The Labute approximate surface area is 152 Å². The summed E-state index contributed by atoms with van der Waals surface area (Å²) < 4.78 is 5.27. The summed E-state index contributed by atoms with van der Waals surface area (Å²) in [5.74, 6) is -0.500. The number of nitrogens with zero attached hydrogens (tertiary/aromatic N) is 2. The van der Waals surface area contributed by atoms with Crippen LogP contribution in [0.15, 0.2) is 24.5 Å². The molecule has 0 spiro atoms. The molecule has 1 aliphatic heterocycles. The summed E-state index contributed by atoms with van der Waals surface area (Å²) in [5, 5.41) is 16.0. The van der Waals surface area contributed by atoms with Gasteiger partial charge in [-0.25, -0.2) is 0 Å². The highest BCUT2D eigenvalue weighted by Crippen LogP contribution is 2.26. The lowest BCUT2D eigenvalue weighted by atomic mass is 10.1. The fraction of sp³-hybridized carbons (Fsp3) is 0.611. The average Bonchev–Trinajstić information content (AvgIpc) is 3.02. The summed E-state index contributed by atoms with van der Waals surface area (Å²) >= 11 is 0. The first-order valence-corrected chi connectivity index (χ1v) is 9.06. The predicted octanol–water partition coefficient (Wildman–Crippen LogP) is -0.714. The molecule has 3 N–H and O–H groups in total. The van der Waals surface area contributed by atoms with Gasteiger partial charge in [-0.3, -0.25) is 19.5 Å². The van der Waals surface area contributed by atoms with E-state index in [9.17, 15) is 14.7 Å². The molecule has 1 saturated heterocycles. The first-order valence-electron chi connectivity index (χ1n) is 9.06. The normalized spacial score (nSPS) is 26.4. The van der Waals surface area contributed by atoms with Crippen molar-refractivity contribution in [2.75, 3.05) is 32.8 Å². The van der Waals surface area contributed by atoms with Crippen LogP contribution in [0, 0.1) is 5.92 Å². The van der Waals surface area contributed by atoms with Gasteiger partial charge in [0, 0.05) is 37.9 Å². The molecule has 2 heterocycles. The molecule has 8 heteroatoms. The number of hydrogen-bond acceptors (Lipinski definition) is 6. The Morgan fingerprint density at radius 3 is 2.69 bits per heavy atom. The number of hydrogen-bond donors (Lipinski definition) is 3. The molecule has 142 valence electrons. The Balaban J connectivity index is 1.43. The van der Waals surface area contributed by atoms with E-state index in [1.165, 1.54) is 0 Å². The summed E-state index contributed by atoms with van der Waals surface area (Å²) in [6.45, 7) is 3.48. The van der Waals surface area contributed by atoms with Gasteiger partial charge in [-0.1, -0.05) is 0 Å². The summed E-state index contributed by atoms with van der Waals surface area (Å²) in [7, 11) is 0. The number of morpholine rings is 1. The highest BCUT2D eigenvalue weighted by molar-refractivity contribution is 5.80. The smallest absolute Gasteiger partial charge is 0.234 e. The first kappa shape index (κ1) is 18.8. The molecule has 2 amide bonds. The number of aliphatic hydroxyl groups is 1. The van der Waals surface area contributed by atoms with Gasteiger partial charge in [0.15, 0.2) is 0 Å². The zero-order valence-corrected chi connectivity index (χ0v) is 14.8. The van der Waals surface area contributed by atoms with E-state index in [1.54, 1.807) is 12.4 Å². The van der Waals surface area contributed by atoms with Crippen molar-refractivity contribution in [1.29, 1.82) is 0 Å². The number of nitrogens with one attached hydrogen (secondary N) is 2. The number of rotatable bonds is 6. The number of aliphatic hydroxyl groups excluding tert-OH is 1. The molecule has 1 aliphatic carbocycles. The van der Waals surface area contributed by atoms with Crippen LogP contribution in [-0.4, -0.2) is 71.8 Å². The second-order valence-corrected chi connectivity index (χ2v) is 6.87. The SMILES string of the molecule is O=C(CN1CCOCC1)N[C@@H]1C[C@H](C(=O)NCc2ccncc2)C[C@H]1O. The molecule has 1 aromatic heterocycles.